The van der Waals surface area contributed by atoms with Crippen molar-refractivity contribution in [2.24, 2.45) is 0 Å². The fourth-order valence-electron chi connectivity index (χ4n) is 4.20. The number of nitrogen functional groups attached to an aromatic ring is 1. The molecule has 1 aliphatic heterocycles. The lowest BCUT2D eigenvalue weighted by Gasteiger charge is -2.18. The van der Waals surface area contributed by atoms with E-state index in [0.717, 1.165) is 54.1 Å². The number of ether oxygens (including phenoxy) is 1. The monoisotopic (exact) mass is 423 g/mol. The van der Waals surface area contributed by atoms with Crippen LogP contribution in [0, 0.1) is 0 Å². The summed E-state index contributed by atoms with van der Waals surface area (Å²) in [6, 6.07) is 6.49. The van der Waals surface area contributed by atoms with E-state index in [0.29, 0.717) is 6.54 Å². The smallest absolute Gasteiger partial charge is 0.222 e. The minimum atomic E-state index is 0.272. The van der Waals surface area contributed by atoms with E-state index >= 15 is 0 Å². The van der Waals surface area contributed by atoms with E-state index in [1.165, 1.54) is 31.5 Å². The van der Waals surface area contributed by atoms with Crippen LogP contribution >= 0.6 is 0 Å². The van der Waals surface area contributed by atoms with Crippen LogP contribution in [0.3, 0.4) is 0 Å². The van der Waals surface area contributed by atoms with Crippen LogP contribution in [0.1, 0.15) is 43.7 Å². The Hall–Kier alpha value is -2.87. The number of likely N-dealkylation sites (tertiary alicyclic amines) is 1. The van der Waals surface area contributed by atoms with Crippen molar-refractivity contribution in [2.75, 3.05) is 44.4 Å². The molecular formula is C23H33N7O. The van der Waals surface area contributed by atoms with Gasteiger partial charge in [0.25, 0.3) is 0 Å². The zero-order valence-corrected chi connectivity index (χ0v) is 18.8. The minimum absolute atomic E-state index is 0.272. The first-order valence-corrected chi connectivity index (χ1v) is 11.2. The second-order valence-corrected chi connectivity index (χ2v) is 8.37. The first-order valence-electron chi connectivity index (χ1n) is 11.2. The van der Waals surface area contributed by atoms with Crippen molar-refractivity contribution in [1.82, 2.24) is 24.6 Å². The molecule has 1 fully saturated rings. The summed E-state index contributed by atoms with van der Waals surface area (Å²) in [6.45, 7) is 7.02. The molecule has 0 radical (unpaired) electrons. The fraction of sp³-hybridized carbons (Fsp3) is 0.522. The molecule has 0 bridgehead atoms. The molecule has 8 heteroatoms. The lowest BCUT2D eigenvalue weighted by Crippen LogP contribution is -2.20. The zero-order valence-electron chi connectivity index (χ0n) is 18.8. The molecule has 1 saturated heterocycles. The maximum atomic E-state index is 5.97. The molecule has 0 spiro atoms. The van der Waals surface area contributed by atoms with Crippen LogP contribution in [-0.2, 0) is 13.1 Å². The molecule has 2 aromatic heterocycles. The Balaban J connectivity index is 1.57. The summed E-state index contributed by atoms with van der Waals surface area (Å²) >= 11 is 0. The summed E-state index contributed by atoms with van der Waals surface area (Å²) in [5.74, 6) is 1.94. The van der Waals surface area contributed by atoms with Crippen LogP contribution < -0.4 is 15.4 Å². The van der Waals surface area contributed by atoms with Gasteiger partial charge in [-0.25, -0.2) is 4.98 Å². The number of benzene rings is 1. The summed E-state index contributed by atoms with van der Waals surface area (Å²) in [6.07, 6.45) is 6.73. The van der Waals surface area contributed by atoms with Crippen molar-refractivity contribution in [3.63, 3.8) is 0 Å². The Morgan fingerprint density at radius 1 is 1.16 bits per heavy atom. The molecule has 1 aliphatic rings. The zero-order chi connectivity index (χ0) is 21.8. The molecule has 8 nitrogen and oxygen atoms in total. The lowest BCUT2D eigenvalue weighted by atomic mass is 10.1. The van der Waals surface area contributed by atoms with E-state index in [1.807, 2.05) is 17.9 Å². The summed E-state index contributed by atoms with van der Waals surface area (Å²) in [5, 5.41) is 4.79. The van der Waals surface area contributed by atoms with Gasteiger partial charge in [0.15, 0.2) is 11.3 Å². The summed E-state index contributed by atoms with van der Waals surface area (Å²) < 4.78 is 7.60. The predicted molar refractivity (Wildman–Crippen MR) is 125 cm³/mol. The van der Waals surface area contributed by atoms with Crippen LogP contribution in [0.15, 0.2) is 24.4 Å². The molecule has 3 heterocycles. The highest BCUT2D eigenvalue weighted by Crippen LogP contribution is 2.26. The average molecular weight is 424 g/mol. The lowest BCUT2D eigenvalue weighted by molar-refractivity contribution is 0.330. The molecule has 31 heavy (non-hydrogen) atoms. The van der Waals surface area contributed by atoms with Gasteiger partial charge in [0.05, 0.1) is 19.9 Å². The van der Waals surface area contributed by atoms with Gasteiger partial charge in [0.2, 0.25) is 5.95 Å². The SMILES string of the molecule is CCCCN(C)c1nc(N)nc2cn(Cc3ccc(CN4CCCC4)cc3OC)nc12. The van der Waals surface area contributed by atoms with E-state index in [2.05, 4.69) is 44.9 Å². The highest BCUT2D eigenvalue weighted by atomic mass is 16.5. The normalized spacial score (nSPS) is 14.4. The Morgan fingerprint density at radius 2 is 1.97 bits per heavy atom. The maximum absolute atomic E-state index is 5.97. The standard InChI is InChI=1S/C23H33N7O/c1-4-5-10-28(2)22-21-19(25-23(24)26-22)16-30(27-21)15-18-9-8-17(13-20(18)31-3)14-29-11-6-7-12-29/h8-9,13,16H,4-7,10-12,14-15H2,1-3H3,(H2,24,25). The van der Waals surface area contributed by atoms with Gasteiger partial charge in [-0.15, -0.1) is 0 Å². The third kappa shape index (κ3) is 4.90. The average Bonchev–Trinajstić information content (AvgIpc) is 3.41. The highest BCUT2D eigenvalue weighted by molar-refractivity contribution is 5.86. The molecule has 0 aliphatic carbocycles. The van der Waals surface area contributed by atoms with Gasteiger partial charge in [0, 0.05) is 25.7 Å². The third-order valence-corrected chi connectivity index (χ3v) is 5.91. The topological polar surface area (TPSA) is 85.3 Å². The van der Waals surface area contributed by atoms with Crippen molar-refractivity contribution < 1.29 is 4.74 Å². The Bertz CT molecular complexity index is 1030. The molecule has 0 saturated carbocycles. The van der Waals surface area contributed by atoms with Gasteiger partial charge in [-0.05, 0) is 44.0 Å². The number of hydrogen-bond donors (Lipinski definition) is 1. The molecule has 166 valence electrons. The van der Waals surface area contributed by atoms with Crippen LogP contribution in [-0.4, -0.2) is 58.4 Å². The number of hydrogen-bond acceptors (Lipinski definition) is 7. The van der Waals surface area contributed by atoms with Gasteiger partial charge < -0.3 is 15.4 Å². The molecule has 4 rings (SSSR count). The number of fused-ring (bicyclic) bond motifs is 1. The first-order chi connectivity index (χ1) is 15.1. The number of unbranched alkanes of at least 4 members (excludes halogenated alkanes) is 1. The van der Waals surface area contributed by atoms with Crippen LogP contribution in [0.25, 0.3) is 11.0 Å². The molecule has 1 aromatic carbocycles. The number of anilines is 2. The van der Waals surface area contributed by atoms with Gasteiger partial charge >= 0.3 is 0 Å². The Kier molecular flexibility index (Phi) is 6.56. The molecule has 0 unspecified atom stereocenters. The van der Waals surface area contributed by atoms with E-state index in [4.69, 9.17) is 15.6 Å². The number of methoxy groups -OCH3 is 1. The van der Waals surface area contributed by atoms with Crippen molar-refractivity contribution in [1.29, 1.82) is 0 Å². The maximum Gasteiger partial charge on any atom is 0.222 e. The van der Waals surface area contributed by atoms with E-state index < -0.39 is 0 Å². The molecule has 0 atom stereocenters. The van der Waals surface area contributed by atoms with Crippen molar-refractivity contribution in [2.45, 2.75) is 45.7 Å². The van der Waals surface area contributed by atoms with Crippen LogP contribution in [0.2, 0.25) is 0 Å². The van der Waals surface area contributed by atoms with Gasteiger partial charge in [-0.2, -0.15) is 10.1 Å². The summed E-state index contributed by atoms with van der Waals surface area (Å²) in [5.41, 5.74) is 9.88. The van der Waals surface area contributed by atoms with Crippen molar-refractivity contribution in [3.8, 4) is 5.75 Å². The summed E-state index contributed by atoms with van der Waals surface area (Å²) in [4.78, 5) is 13.5. The Morgan fingerprint density at radius 3 is 2.71 bits per heavy atom. The van der Waals surface area contributed by atoms with Gasteiger partial charge in [-0.1, -0.05) is 25.5 Å². The largest absolute Gasteiger partial charge is 0.496 e. The predicted octanol–water partition coefficient (Wildman–Crippen LogP) is 3.30. The van der Waals surface area contributed by atoms with Gasteiger partial charge in [-0.3, -0.25) is 9.58 Å². The van der Waals surface area contributed by atoms with Crippen LogP contribution in [0.4, 0.5) is 11.8 Å². The van der Waals surface area contributed by atoms with Crippen molar-refractivity contribution in [3.05, 3.63) is 35.5 Å². The molecule has 0 amide bonds. The minimum Gasteiger partial charge on any atom is -0.496 e. The van der Waals surface area contributed by atoms with E-state index in [-0.39, 0.29) is 5.95 Å². The second-order valence-electron chi connectivity index (χ2n) is 8.37. The van der Waals surface area contributed by atoms with Crippen LogP contribution in [0.5, 0.6) is 5.75 Å². The Labute approximate surface area is 184 Å². The second kappa shape index (κ2) is 9.51. The first kappa shape index (κ1) is 21.4. The highest BCUT2D eigenvalue weighted by Gasteiger charge is 2.16. The molecule has 2 N–H and O–H groups in total. The number of nitrogens with zero attached hydrogens (tertiary/aromatic N) is 6. The molecular weight excluding hydrogens is 390 g/mol. The quantitative estimate of drug-likeness (QED) is 0.565. The number of rotatable bonds is 9. The molecule has 3 aromatic rings. The van der Waals surface area contributed by atoms with Gasteiger partial charge in [0.1, 0.15) is 11.3 Å². The number of aromatic nitrogens is 4. The van der Waals surface area contributed by atoms with E-state index in [1.54, 1.807) is 7.11 Å². The third-order valence-electron chi connectivity index (χ3n) is 5.91. The summed E-state index contributed by atoms with van der Waals surface area (Å²) in [7, 11) is 3.75. The van der Waals surface area contributed by atoms with Crippen molar-refractivity contribution >= 4 is 22.8 Å². The number of nitrogens with two attached hydrogens (primary N) is 1. The van der Waals surface area contributed by atoms with E-state index in [9.17, 15) is 0 Å². The fourth-order valence-corrected chi connectivity index (χ4v) is 4.20.